The minimum Gasteiger partial charge on any atom is -0.408 e. The van der Waals surface area contributed by atoms with E-state index in [1.165, 1.54) is 0 Å². The Kier molecular flexibility index (Phi) is 3.16. The smallest absolute Gasteiger partial charge is 0.408 e. The van der Waals surface area contributed by atoms with Crippen LogP contribution in [-0.2, 0) is 0 Å². The lowest BCUT2D eigenvalue weighted by molar-refractivity contribution is 0.555. The summed E-state index contributed by atoms with van der Waals surface area (Å²) in [6.45, 7) is 0. The highest BCUT2D eigenvalue weighted by molar-refractivity contribution is 9.10. The normalized spacial score (nSPS) is 10.5. The van der Waals surface area contributed by atoms with Gasteiger partial charge in [-0.3, -0.25) is 4.98 Å². The molecule has 0 spiro atoms. The number of fused-ring (bicyclic) bond motifs is 1. The Morgan fingerprint density at radius 1 is 1.29 bits per heavy atom. The maximum absolute atomic E-state index is 11.2. The van der Waals surface area contributed by atoms with Gasteiger partial charge in [-0.1, -0.05) is 0 Å². The number of nitrogens with one attached hydrogen (secondary N) is 2. The van der Waals surface area contributed by atoms with Crippen LogP contribution in [0.2, 0.25) is 0 Å². The molecule has 1 heterocycles. The third-order valence-corrected chi connectivity index (χ3v) is 3.61. The topological polar surface area (TPSA) is 108 Å². The van der Waals surface area contributed by atoms with E-state index in [2.05, 4.69) is 32.3 Å². The standard InChI is InChI=1S/C14H9BrN4O2/c15-8-3-7(6-16)1-2-10(8)18-11-5-12-13(4-9(11)17)21-14(20)19-12/h1-5,18H,17H2,(H,19,20). The van der Waals surface area contributed by atoms with Gasteiger partial charge in [0.15, 0.2) is 5.58 Å². The number of hydrogen-bond donors (Lipinski definition) is 3. The maximum atomic E-state index is 11.2. The molecule has 6 nitrogen and oxygen atoms in total. The molecular weight excluding hydrogens is 336 g/mol. The highest BCUT2D eigenvalue weighted by Crippen LogP contribution is 2.31. The van der Waals surface area contributed by atoms with Crippen LogP contribution in [0.5, 0.6) is 0 Å². The fraction of sp³-hybridized carbons (Fsp3) is 0. The van der Waals surface area contributed by atoms with Crippen LogP contribution in [0.3, 0.4) is 0 Å². The second-order valence-electron chi connectivity index (χ2n) is 4.38. The average Bonchev–Trinajstić information content (AvgIpc) is 2.80. The first-order chi connectivity index (χ1) is 10.1. The Hall–Kier alpha value is -2.72. The molecule has 4 N–H and O–H groups in total. The maximum Gasteiger partial charge on any atom is 0.417 e. The van der Waals surface area contributed by atoms with Gasteiger partial charge in [0.2, 0.25) is 0 Å². The van der Waals surface area contributed by atoms with E-state index in [1.807, 2.05) is 0 Å². The number of H-pyrrole nitrogens is 1. The van der Waals surface area contributed by atoms with Crippen molar-refractivity contribution in [1.29, 1.82) is 5.26 Å². The Bertz CT molecular complexity index is 936. The zero-order valence-corrected chi connectivity index (χ0v) is 12.2. The molecule has 7 heteroatoms. The number of oxazole rings is 1. The van der Waals surface area contributed by atoms with Crippen LogP contribution in [-0.4, -0.2) is 4.98 Å². The van der Waals surface area contributed by atoms with Gasteiger partial charge in [-0.25, -0.2) is 4.79 Å². The number of nitrogen functional groups attached to an aromatic ring is 1. The lowest BCUT2D eigenvalue weighted by atomic mass is 10.2. The van der Waals surface area contributed by atoms with Crippen molar-refractivity contribution >= 4 is 44.1 Å². The van der Waals surface area contributed by atoms with Gasteiger partial charge in [-0.2, -0.15) is 5.26 Å². The Labute approximate surface area is 127 Å². The number of rotatable bonds is 2. The van der Waals surface area contributed by atoms with E-state index >= 15 is 0 Å². The SMILES string of the molecule is N#Cc1ccc(Nc2cc3[nH]c(=O)oc3cc2N)c(Br)c1. The molecule has 3 rings (SSSR count). The van der Waals surface area contributed by atoms with Crippen LogP contribution in [0.1, 0.15) is 5.56 Å². The molecule has 0 atom stereocenters. The van der Waals surface area contributed by atoms with Crippen LogP contribution < -0.4 is 16.8 Å². The molecule has 3 aromatic rings. The summed E-state index contributed by atoms with van der Waals surface area (Å²) in [5, 5.41) is 12.0. The average molecular weight is 345 g/mol. The van der Waals surface area contributed by atoms with Gasteiger partial charge < -0.3 is 15.5 Å². The summed E-state index contributed by atoms with van der Waals surface area (Å²) in [4.78, 5) is 13.7. The third kappa shape index (κ3) is 2.49. The first-order valence-electron chi connectivity index (χ1n) is 5.96. The van der Waals surface area contributed by atoms with E-state index < -0.39 is 5.76 Å². The van der Waals surface area contributed by atoms with E-state index in [9.17, 15) is 4.79 Å². The predicted molar refractivity (Wildman–Crippen MR) is 83.4 cm³/mol. The van der Waals surface area contributed by atoms with Gasteiger partial charge in [-0.15, -0.1) is 0 Å². The van der Waals surface area contributed by atoms with Crippen LogP contribution in [0.15, 0.2) is 44.0 Å². The van der Waals surface area contributed by atoms with E-state index in [4.69, 9.17) is 15.4 Å². The highest BCUT2D eigenvalue weighted by atomic mass is 79.9. The molecule has 0 unspecified atom stereocenters. The minimum atomic E-state index is -0.527. The molecule has 0 radical (unpaired) electrons. The van der Waals surface area contributed by atoms with Crippen LogP contribution in [0.4, 0.5) is 17.1 Å². The van der Waals surface area contributed by atoms with Crippen molar-refractivity contribution in [3.8, 4) is 6.07 Å². The number of nitrogens with two attached hydrogens (primary N) is 1. The summed E-state index contributed by atoms with van der Waals surface area (Å²) >= 11 is 3.39. The minimum absolute atomic E-state index is 0.405. The molecule has 0 aliphatic rings. The number of hydrogen-bond acceptors (Lipinski definition) is 5. The summed E-state index contributed by atoms with van der Waals surface area (Å²) in [5.74, 6) is -0.527. The number of nitriles is 1. The third-order valence-electron chi connectivity index (χ3n) is 2.96. The number of nitrogens with zero attached hydrogens (tertiary/aromatic N) is 1. The van der Waals surface area contributed by atoms with Crippen LogP contribution in [0.25, 0.3) is 11.1 Å². The first-order valence-corrected chi connectivity index (χ1v) is 6.75. The van der Waals surface area contributed by atoms with Gasteiger partial charge in [-0.05, 0) is 40.2 Å². The lowest BCUT2D eigenvalue weighted by Gasteiger charge is -2.11. The summed E-state index contributed by atoms with van der Waals surface area (Å²) in [6, 6.07) is 10.5. The summed E-state index contributed by atoms with van der Waals surface area (Å²) in [5.41, 5.74) is 9.29. The van der Waals surface area contributed by atoms with Crippen molar-refractivity contribution < 1.29 is 4.42 Å². The van der Waals surface area contributed by atoms with Crippen molar-refractivity contribution in [3.05, 3.63) is 50.9 Å². The molecule has 0 aliphatic carbocycles. The quantitative estimate of drug-likeness (QED) is 0.619. The molecule has 0 saturated heterocycles. The van der Waals surface area contributed by atoms with Crippen molar-refractivity contribution in [1.82, 2.24) is 4.98 Å². The van der Waals surface area contributed by atoms with Gasteiger partial charge in [0.25, 0.3) is 0 Å². The Morgan fingerprint density at radius 3 is 2.81 bits per heavy atom. The van der Waals surface area contributed by atoms with Crippen molar-refractivity contribution in [2.24, 2.45) is 0 Å². The van der Waals surface area contributed by atoms with E-state index in [0.717, 1.165) is 10.2 Å². The Balaban J connectivity index is 2.03. The zero-order chi connectivity index (χ0) is 15.0. The zero-order valence-electron chi connectivity index (χ0n) is 10.6. The largest absolute Gasteiger partial charge is 0.417 e. The molecule has 0 aliphatic heterocycles. The summed E-state index contributed by atoms with van der Waals surface area (Å²) in [6.07, 6.45) is 0. The summed E-state index contributed by atoms with van der Waals surface area (Å²) in [7, 11) is 0. The fourth-order valence-electron chi connectivity index (χ4n) is 1.95. The first kappa shape index (κ1) is 13.3. The van der Waals surface area contributed by atoms with E-state index in [1.54, 1.807) is 30.3 Å². The molecule has 21 heavy (non-hydrogen) atoms. The van der Waals surface area contributed by atoms with Crippen LogP contribution in [0, 0.1) is 11.3 Å². The predicted octanol–water partition coefficient (Wildman–Crippen LogP) is 3.08. The van der Waals surface area contributed by atoms with E-state index in [0.29, 0.717) is 28.0 Å². The fourth-order valence-corrected chi connectivity index (χ4v) is 2.43. The highest BCUT2D eigenvalue weighted by Gasteiger charge is 2.09. The van der Waals surface area contributed by atoms with E-state index in [-0.39, 0.29) is 0 Å². The molecule has 104 valence electrons. The van der Waals surface area contributed by atoms with Crippen molar-refractivity contribution in [2.75, 3.05) is 11.1 Å². The van der Waals surface area contributed by atoms with Gasteiger partial charge in [0.05, 0.1) is 34.2 Å². The Morgan fingerprint density at radius 2 is 2.10 bits per heavy atom. The second-order valence-corrected chi connectivity index (χ2v) is 5.24. The molecular formula is C14H9BrN4O2. The number of anilines is 3. The van der Waals surface area contributed by atoms with Gasteiger partial charge in [0, 0.05) is 10.5 Å². The molecule has 0 bridgehead atoms. The number of aromatic amines is 1. The van der Waals surface area contributed by atoms with Crippen molar-refractivity contribution in [2.45, 2.75) is 0 Å². The molecule has 0 amide bonds. The molecule has 0 saturated carbocycles. The van der Waals surface area contributed by atoms with Gasteiger partial charge in [0.1, 0.15) is 0 Å². The molecule has 0 fully saturated rings. The summed E-state index contributed by atoms with van der Waals surface area (Å²) < 4.78 is 5.68. The van der Waals surface area contributed by atoms with Gasteiger partial charge >= 0.3 is 5.76 Å². The lowest BCUT2D eigenvalue weighted by Crippen LogP contribution is -1.97. The molecule has 1 aromatic heterocycles. The number of benzene rings is 2. The number of halogens is 1. The monoisotopic (exact) mass is 344 g/mol. The van der Waals surface area contributed by atoms with Crippen molar-refractivity contribution in [3.63, 3.8) is 0 Å². The molecule has 2 aromatic carbocycles. The number of aromatic nitrogens is 1. The second kappa shape index (κ2) is 5.00. The van der Waals surface area contributed by atoms with Crippen LogP contribution >= 0.6 is 15.9 Å².